The Bertz CT molecular complexity index is 724. The summed E-state index contributed by atoms with van der Waals surface area (Å²) >= 11 is 7.52. The highest BCUT2D eigenvalue weighted by Crippen LogP contribution is 2.29. The van der Waals surface area contributed by atoms with Crippen LogP contribution in [0, 0.1) is 0 Å². The Labute approximate surface area is 157 Å². The number of thioether (sulfide) groups is 1. The van der Waals surface area contributed by atoms with Crippen molar-refractivity contribution in [1.82, 2.24) is 5.32 Å². The third-order valence-corrected chi connectivity index (χ3v) is 4.91. The minimum Gasteiger partial charge on any atom is -0.493 e. The normalized spacial score (nSPS) is 11.7. The van der Waals surface area contributed by atoms with Crippen molar-refractivity contribution in [2.75, 3.05) is 20.0 Å². The summed E-state index contributed by atoms with van der Waals surface area (Å²) < 4.78 is 10.5. The minimum atomic E-state index is -0.112. The number of hydrogen-bond acceptors (Lipinski definition) is 4. The molecule has 1 amide bonds. The summed E-state index contributed by atoms with van der Waals surface area (Å²) in [5, 5.41) is 3.71. The summed E-state index contributed by atoms with van der Waals surface area (Å²) in [4.78, 5) is 12.1. The van der Waals surface area contributed by atoms with Gasteiger partial charge in [0.1, 0.15) is 0 Å². The molecule has 2 rings (SSSR count). The number of amides is 1. The van der Waals surface area contributed by atoms with Gasteiger partial charge in [0.2, 0.25) is 5.91 Å². The molecule has 0 saturated heterocycles. The van der Waals surface area contributed by atoms with Gasteiger partial charge in [0.15, 0.2) is 11.5 Å². The second-order valence-corrected chi connectivity index (χ2v) is 6.95. The van der Waals surface area contributed by atoms with Gasteiger partial charge >= 0.3 is 0 Å². The van der Waals surface area contributed by atoms with Crippen LogP contribution in [0.3, 0.4) is 0 Å². The number of methoxy groups -OCH3 is 2. The number of carbonyl (C=O) groups is 1. The second kappa shape index (κ2) is 9.59. The monoisotopic (exact) mass is 379 g/mol. The van der Waals surface area contributed by atoms with E-state index in [2.05, 4.69) is 5.32 Å². The van der Waals surface area contributed by atoms with Crippen LogP contribution in [0.1, 0.15) is 24.1 Å². The van der Waals surface area contributed by atoms with E-state index in [1.807, 2.05) is 49.4 Å². The van der Waals surface area contributed by atoms with Gasteiger partial charge in [-0.25, -0.2) is 0 Å². The molecule has 1 atom stereocenters. The van der Waals surface area contributed by atoms with Crippen molar-refractivity contribution in [3.05, 3.63) is 58.6 Å². The first kappa shape index (κ1) is 19.5. The van der Waals surface area contributed by atoms with E-state index >= 15 is 0 Å². The Morgan fingerprint density at radius 1 is 1.16 bits per heavy atom. The van der Waals surface area contributed by atoms with Gasteiger partial charge in [-0.2, -0.15) is 0 Å². The van der Waals surface area contributed by atoms with Gasteiger partial charge in [0.25, 0.3) is 0 Å². The maximum absolute atomic E-state index is 12.1. The molecule has 0 unspecified atom stereocenters. The highest BCUT2D eigenvalue weighted by Gasteiger charge is 2.12. The van der Waals surface area contributed by atoms with E-state index < -0.39 is 0 Å². The van der Waals surface area contributed by atoms with Crippen molar-refractivity contribution in [2.45, 2.75) is 18.7 Å². The van der Waals surface area contributed by atoms with E-state index in [0.29, 0.717) is 22.3 Å². The highest BCUT2D eigenvalue weighted by atomic mass is 35.5. The van der Waals surface area contributed by atoms with Crippen molar-refractivity contribution in [1.29, 1.82) is 0 Å². The minimum absolute atomic E-state index is 0.00527. The van der Waals surface area contributed by atoms with Gasteiger partial charge in [-0.1, -0.05) is 29.8 Å². The van der Waals surface area contributed by atoms with Gasteiger partial charge < -0.3 is 14.8 Å². The summed E-state index contributed by atoms with van der Waals surface area (Å²) in [5.41, 5.74) is 2.07. The smallest absolute Gasteiger partial charge is 0.230 e. The van der Waals surface area contributed by atoms with E-state index in [9.17, 15) is 4.79 Å². The molecule has 0 spiro atoms. The van der Waals surface area contributed by atoms with Gasteiger partial charge in [-0.15, -0.1) is 11.8 Å². The molecule has 25 heavy (non-hydrogen) atoms. The number of rotatable bonds is 8. The molecule has 0 bridgehead atoms. The maximum Gasteiger partial charge on any atom is 0.230 e. The zero-order valence-corrected chi connectivity index (χ0v) is 16.1. The van der Waals surface area contributed by atoms with Crippen LogP contribution in [0.25, 0.3) is 0 Å². The first-order valence-electron chi connectivity index (χ1n) is 7.87. The molecular formula is C19H22ClNO3S. The van der Waals surface area contributed by atoms with E-state index in [0.717, 1.165) is 16.9 Å². The SMILES string of the molecule is COc1ccc([C@H](C)NC(=O)CSCc2cccc(Cl)c2)cc1OC. The number of carbonyl (C=O) groups excluding carboxylic acids is 1. The molecule has 0 aliphatic carbocycles. The summed E-state index contributed by atoms with van der Waals surface area (Å²) in [6, 6.07) is 13.2. The lowest BCUT2D eigenvalue weighted by Crippen LogP contribution is -2.28. The first-order valence-corrected chi connectivity index (χ1v) is 9.40. The number of benzene rings is 2. The molecule has 2 aromatic carbocycles. The van der Waals surface area contributed by atoms with E-state index in [1.54, 1.807) is 26.0 Å². The number of hydrogen-bond donors (Lipinski definition) is 1. The summed E-state index contributed by atoms with van der Waals surface area (Å²) in [6.45, 7) is 1.95. The molecule has 0 aliphatic heterocycles. The lowest BCUT2D eigenvalue weighted by Gasteiger charge is -2.16. The standard InChI is InChI=1S/C19H22ClNO3S/c1-13(15-7-8-17(23-2)18(10-15)24-3)21-19(22)12-25-11-14-5-4-6-16(20)9-14/h4-10,13H,11-12H2,1-3H3,(H,21,22)/t13-/m0/s1. The summed E-state index contributed by atoms with van der Waals surface area (Å²) in [6.07, 6.45) is 0. The van der Waals surface area contributed by atoms with Crippen LogP contribution in [0.2, 0.25) is 5.02 Å². The van der Waals surface area contributed by atoms with Gasteiger partial charge in [0, 0.05) is 10.8 Å². The van der Waals surface area contributed by atoms with Gasteiger partial charge in [0.05, 0.1) is 26.0 Å². The molecule has 0 saturated carbocycles. The van der Waals surface area contributed by atoms with Crippen LogP contribution in [0.4, 0.5) is 0 Å². The zero-order chi connectivity index (χ0) is 18.2. The van der Waals surface area contributed by atoms with Crippen LogP contribution in [0.5, 0.6) is 11.5 Å². The van der Waals surface area contributed by atoms with Crippen molar-refractivity contribution in [3.63, 3.8) is 0 Å². The number of halogens is 1. The van der Waals surface area contributed by atoms with Crippen LogP contribution in [-0.4, -0.2) is 25.9 Å². The molecular weight excluding hydrogens is 358 g/mol. The van der Waals surface area contributed by atoms with Gasteiger partial charge in [-0.3, -0.25) is 4.79 Å². The number of nitrogens with one attached hydrogen (secondary N) is 1. The Morgan fingerprint density at radius 3 is 2.60 bits per heavy atom. The fraction of sp³-hybridized carbons (Fsp3) is 0.316. The lowest BCUT2D eigenvalue weighted by molar-refractivity contribution is -0.119. The Hall–Kier alpha value is -1.85. The molecule has 0 aromatic heterocycles. The molecule has 4 nitrogen and oxygen atoms in total. The molecule has 2 aromatic rings. The average Bonchev–Trinajstić information content (AvgIpc) is 2.61. The van der Waals surface area contributed by atoms with Crippen LogP contribution < -0.4 is 14.8 Å². The topological polar surface area (TPSA) is 47.6 Å². The van der Waals surface area contributed by atoms with Crippen molar-refractivity contribution >= 4 is 29.3 Å². The first-order chi connectivity index (χ1) is 12.0. The third-order valence-electron chi connectivity index (χ3n) is 3.68. The molecule has 0 fully saturated rings. The van der Waals surface area contributed by atoms with Crippen molar-refractivity contribution in [3.8, 4) is 11.5 Å². The number of ether oxygens (including phenoxy) is 2. The predicted octanol–water partition coefficient (Wildman–Crippen LogP) is 4.47. The van der Waals surface area contributed by atoms with Gasteiger partial charge in [-0.05, 0) is 42.3 Å². The van der Waals surface area contributed by atoms with Crippen LogP contribution in [-0.2, 0) is 10.5 Å². The Morgan fingerprint density at radius 2 is 1.92 bits per heavy atom. The molecule has 0 aliphatic rings. The van der Waals surface area contributed by atoms with E-state index in [4.69, 9.17) is 21.1 Å². The summed E-state index contributed by atoms with van der Waals surface area (Å²) in [7, 11) is 3.19. The highest BCUT2D eigenvalue weighted by molar-refractivity contribution is 7.99. The Kier molecular flexibility index (Phi) is 7.47. The van der Waals surface area contributed by atoms with Crippen LogP contribution >= 0.6 is 23.4 Å². The fourth-order valence-corrected chi connectivity index (χ4v) is 3.38. The molecule has 0 heterocycles. The fourth-order valence-electron chi connectivity index (χ4n) is 2.38. The quantitative estimate of drug-likeness (QED) is 0.735. The van der Waals surface area contributed by atoms with E-state index in [-0.39, 0.29) is 11.9 Å². The molecule has 1 N–H and O–H groups in total. The lowest BCUT2D eigenvalue weighted by atomic mass is 10.1. The summed E-state index contributed by atoms with van der Waals surface area (Å²) in [5.74, 6) is 2.45. The molecule has 6 heteroatoms. The van der Waals surface area contributed by atoms with E-state index in [1.165, 1.54) is 0 Å². The predicted molar refractivity (Wildman–Crippen MR) is 104 cm³/mol. The molecule has 0 radical (unpaired) electrons. The second-order valence-electron chi connectivity index (χ2n) is 5.53. The van der Waals surface area contributed by atoms with Crippen molar-refractivity contribution in [2.24, 2.45) is 0 Å². The third kappa shape index (κ3) is 5.87. The zero-order valence-electron chi connectivity index (χ0n) is 14.5. The van der Waals surface area contributed by atoms with Crippen LogP contribution in [0.15, 0.2) is 42.5 Å². The average molecular weight is 380 g/mol. The maximum atomic E-state index is 12.1. The van der Waals surface area contributed by atoms with Crippen molar-refractivity contribution < 1.29 is 14.3 Å². The molecule has 134 valence electrons. The largest absolute Gasteiger partial charge is 0.493 e. The Balaban J connectivity index is 1.85.